The Morgan fingerprint density at radius 2 is 1.65 bits per heavy atom. The summed E-state index contributed by atoms with van der Waals surface area (Å²) in [6.45, 7) is 7.60. The highest BCUT2D eigenvalue weighted by molar-refractivity contribution is 5.90. The second-order valence-electron chi connectivity index (χ2n) is 13.2. The fourth-order valence-corrected chi connectivity index (χ4v) is 6.58. The van der Waals surface area contributed by atoms with Crippen molar-refractivity contribution in [1.29, 1.82) is 0 Å². The molecule has 1 fully saturated rings. The van der Waals surface area contributed by atoms with Gasteiger partial charge < -0.3 is 14.2 Å². The SMILES string of the molecule is COC(=O)c1ccc(-c2cc(C3=C(CN4C(=O)O[C@H](c5cc(C(F)(F)F)cc(C(F)(F)F)c5)C4C)CC(C)(C)CC3)c(OC)cn2)c(C)c1. The number of ether oxygens (including phenoxy) is 3. The van der Waals surface area contributed by atoms with E-state index in [0.717, 1.165) is 34.3 Å². The fraction of sp³-hybridized carbons (Fsp3) is 0.417. The highest BCUT2D eigenvalue weighted by Crippen LogP contribution is 2.47. The molecule has 0 radical (unpaired) electrons. The Morgan fingerprint density at radius 3 is 2.22 bits per heavy atom. The monoisotopic (exact) mass is 690 g/mol. The fourth-order valence-electron chi connectivity index (χ4n) is 6.58. The van der Waals surface area contributed by atoms with E-state index in [-0.39, 0.29) is 18.0 Å². The average Bonchev–Trinajstić information content (AvgIpc) is 3.31. The third-order valence-corrected chi connectivity index (χ3v) is 9.20. The van der Waals surface area contributed by atoms with Gasteiger partial charge in [0.25, 0.3) is 0 Å². The molecule has 1 aliphatic heterocycles. The summed E-state index contributed by atoms with van der Waals surface area (Å²) in [6, 6.07) is 7.38. The summed E-state index contributed by atoms with van der Waals surface area (Å²) >= 11 is 0. The number of esters is 1. The van der Waals surface area contributed by atoms with Gasteiger partial charge in [0.2, 0.25) is 0 Å². The van der Waals surface area contributed by atoms with Crippen LogP contribution in [0.25, 0.3) is 16.8 Å². The molecule has 7 nitrogen and oxygen atoms in total. The largest absolute Gasteiger partial charge is 0.495 e. The number of nitrogens with zero attached hydrogens (tertiary/aromatic N) is 2. The van der Waals surface area contributed by atoms with Crippen molar-refractivity contribution >= 4 is 17.6 Å². The number of cyclic esters (lactones) is 1. The van der Waals surface area contributed by atoms with Crippen molar-refractivity contribution in [2.45, 2.75) is 71.5 Å². The van der Waals surface area contributed by atoms with E-state index in [1.165, 1.54) is 19.1 Å². The second kappa shape index (κ2) is 13.1. The molecule has 2 atom stereocenters. The lowest BCUT2D eigenvalue weighted by atomic mass is 9.72. The summed E-state index contributed by atoms with van der Waals surface area (Å²) in [5.74, 6) is 0.0155. The lowest BCUT2D eigenvalue weighted by molar-refractivity contribution is -0.143. The van der Waals surface area contributed by atoms with Crippen molar-refractivity contribution in [2.75, 3.05) is 20.8 Å². The predicted molar refractivity (Wildman–Crippen MR) is 169 cm³/mol. The van der Waals surface area contributed by atoms with Gasteiger partial charge in [-0.3, -0.25) is 9.88 Å². The maximum absolute atomic E-state index is 13.6. The van der Waals surface area contributed by atoms with E-state index in [1.54, 1.807) is 31.3 Å². The van der Waals surface area contributed by atoms with Crippen molar-refractivity contribution in [1.82, 2.24) is 9.88 Å². The Morgan fingerprint density at radius 1 is 1.00 bits per heavy atom. The van der Waals surface area contributed by atoms with Gasteiger partial charge in [-0.2, -0.15) is 26.3 Å². The number of rotatable bonds is 7. The molecule has 1 saturated heterocycles. The first-order valence-corrected chi connectivity index (χ1v) is 15.5. The van der Waals surface area contributed by atoms with Crippen LogP contribution in [-0.2, 0) is 21.8 Å². The molecule has 49 heavy (non-hydrogen) atoms. The first kappa shape index (κ1) is 35.7. The Labute approximate surface area is 279 Å². The number of amides is 1. The van der Waals surface area contributed by atoms with Crippen molar-refractivity contribution in [3.63, 3.8) is 0 Å². The van der Waals surface area contributed by atoms with Gasteiger partial charge in [0.05, 0.1) is 48.8 Å². The van der Waals surface area contributed by atoms with E-state index in [2.05, 4.69) is 18.8 Å². The van der Waals surface area contributed by atoms with E-state index in [4.69, 9.17) is 14.2 Å². The number of aromatic nitrogens is 1. The molecule has 3 aromatic rings. The Bertz CT molecular complexity index is 1780. The topological polar surface area (TPSA) is 78.0 Å². The predicted octanol–water partition coefficient (Wildman–Crippen LogP) is 9.44. The molecule has 5 rings (SSSR count). The molecule has 1 aromatic heterocycles. The lowest BCUT2D eigenvalue weighted by Gasteiger charge is -2.36. The van der Waals surface area contributed by atoms with Crippen molar-refractivity contribution in [3.8, 4) is 17.0 Å². The Hall–Kier alpha value is -4.55. The highest BCUT2D eigenvalue weighted by atomic mass is 19.4. The number of methoxy groups -OCH3 is 2. The molecule has 1 amide bonds. The molecule has 0 bridgehead atoms. The number of pyridine rings is 1. The third kappa shape index (κ3) is 7.40. The van der Waals surface area contributed by atoms with Crippen LogP contribution < -0.4 is 4.74 Å². The molecule has 13 heteroatoms. The van der Waals surface area contributed by atoms with Gasteiger partial charge in [0.15, 0.2) is 0 Å². The van der Waals surface area contributed by atoms with Crippen LogP contribution in [0.3, 0.4) is 0 Å². The van der Waals surface area contributed by atoms with Gasteiger partial charge in [-0.25, -0.2) is 9.59 Å². The molecule has 1 unspecified atom stereocenters. The Balaban J connectivity index is 1.54. The minimum atomic E-state index is -5.04. The van der Waals surface area contributed by atoms with Crippen LogP contribution in [0.15, 0.2) is 54.2 Å². The first-order valence-electron chi connectivity index (χ1n) is 15.5. The van der Waals surface area contributed by atoms with Crippen LogP contribution in [0.4, 0.5) is 31.1 Å². The lowest BCUT2D eigenvalue weighted by Crippen LogP contribution is -2.35. The van der Waals surface area contributed by atoms with Crippen LogP contribution in [0.5, 0.6) is 5.75 Å². The van der Waals surface area contributed by atoms with Crippen molar-refractivity contribution < 1.29 is 50.1 Å². The maximum atomic E-state index is 13.6. The van der Waals surface area contributed by atoms with Crippen LogP contribution in [0, 0.1) is 12.3 Å². The van der Waals surface area contributed by atoms with Crippen molar-refractivity contribution in [3.05, 3.63) is 87.6 Å². The van der Waals surface area contributed by atoms with E-state index >= 15 is 0 Å². The molecule has 1 aliphatic carbocycles. The number of alkyl halides is 6. The molecular weight excluding hydrogens is 654 g/mol. The number of hydrogen-bond acceptors (Lipinski definition) is 6. The normalized spacial score (nSPS) is 19.6. The molecule has 2 aromatic carbocycles. The number of hydrogen-bond donors (Lipinski definition) is 0. The van der Waals surface area contributed by atoms with Gasteiger partial charge in [-0.1, -0.05) is 19.9 Å². The number of aryl methyl sites for hydroxylation is 1. The standard InChI is InChI=1S/C36H36F6N2O5/c1-19-11-21(32(45)48-6)7-8-26(19)29-15-28(30(47-5)17-43-29)27-9-10-34(3,4)16-23(27)18-44-20(2)31(49-33(44)46)22-12-24(35(37,38)39)14-25(13-22)36(40,41)42/h7-8,11-15,17,20,31H,9-10,16,18H2,1-6H3/t20?,31-/m0/s1. The minimum Gasteiger partial charge on any atom is -0.495 e. The van der Waals surface area contributed by atoms with Gasteiger partial charge in [-0.05, 0) is 97.2 Å². The summed E-state index contributed by atoms with van der Waals surface area (Å²) in [5.41, 5.74) is 1.53. The van der Waals surface area contributed by atoms with Crippen LogP contribution in [0.1, 0.15) is 84.3 Å². The smallest absolute Gasteiger partial charge is 0.416 e. The van der Waals surface area contributed by atoms with Gasteiger partial charge in [0, 0.05) is 17.7 Å². The summed E-state index contributed by atoms with van der Waals surface area (Å²) in [7, 11) is 2.82. The zero-order chi connectivity index (χ0) is 36.1. The van der Waals surface area contributed by atoms with Crippen LogP contribution in [-0.4, -0.2) is 48.8 Å². The molecular formula is C36H36F6N2O5. The third-order valence-electron chi connectivity index (χ3n) is 9.20. The number of halogens is 6. The van der Waals surface area contributed by atoms with Crippen LogP contribution in [0.2, 0.25) is 0 Å². The average molecular weight is 691 g/mol. The zero-order valence-corrected chi connectivity index (χ0v) is 27.8. The number of carbonyl (C=O) groups is 2. The number of carbonyl (C=O) groups excluding carboxylic acids is 2. The number of benzene rings is 2. The number of allylic oxidation sites excluding steroid dienone is 1. The highest BCUT2D eigenvalue weighted by Gasteiger charge is 2.44. The Kier molecular flexibility index (Phi) is 9.52. The summed E-state index contributed by atoms with van der Waals surface area (Å²) in [4.78, 5) is 31.3. The van der Waals surface area contributed by atoms with Crippen LogP contribution >= 0.6 is 0 Å². The van der Waals surface area contributed by atoms with Gasteiger partial charge in [0.1, 0.15) is 11.9 Å². The quantitative estimate of drug-likeness (QED) is 0.182. The molecule has 0 N–H and O–H groups in total. The second-order valence-corrected chi connectivity index (χ2v) is 13.2. The first-order chi connectivity index (χ1) is 22.8. The van der Waals surface area contributed by atoms with Crippen molar-refractivity contribution in [2.24, 2.45) is 5.41 Å². The summed E-state index contributed by atoms with van der Waals surface area (Å²) in [6.07, 6.45) is -8.75. The summed E-state index contributed by atoms with van der Waals surface area (Å²) < 4.78 is 97.7. The molecule has 0 saturated carbocycles. The molecule has 262 valence electrons. The molecule has 2 aliphatic rings. The van der Waals surface area contributed by atoms with E-state index in [0.29, 0.717) is 42.0 Å². The summed E-state index contributed by atoms with van der Waals surface area (Å²) in [5, 5.41) is 0. The minimum absolute atomic E-state index is 0.0357. The zero-order valence-electron chi connectivity index (χ0n) is 27.8. The van der Waals surface area contributed by atoms with E-state index in [9.17, 15) is 35.9 Å². The van der Waals surface area contributed by atoms with Gasteiger partial charge >= 0.3 is 24.4 Å². The van der Waals surface area contributed by atoms with E-state index in [1.807, 2.05) is 13.0 Å². The van der Waals surface area contributed by atoms with Gasteiger partial charge in [-0.15, -0.1) is 0 Å². The maximum Gasteiger partial charge on any atom is 0.416 e. The molecule has 0 spiro atoms. The van der Waals surface area contributed by atoms with E-state index < -0.39 is 53.3 Å². The molecule has 2 heterocycles.